The van der Waals surface area contributed by atoms with Crippen LogP contribution in [0.3, 0.4) is 0 Å². The number of methoxy groups -OCH3 is 1. The Morgan fingerprint density at radius 2 is 1.78 bits per heavy atom. The van der Waals surface area contributed by atoms with E-state index in [0.29, 0.717) is 28.9 Å². The van der Waals surface area contributed by atoms with E-state index >= 15 is 0 Å². The Morgan fingerprint density at radius 3 is 2.47 bits per heavy atom. The highest BCUT2D eigenvalue weighted by Gasteiger charge is 2.41. The zero-order valence-corrected chi connectivity index (χ0v) is 19.9. The summed E-state index contributed by atoms with van der Waals surface area (Å²) in [6, 6.07) is 20.4. The van der Waals surface area contributed by atoms with Crippen molar-refractivity contribution >= 4 is 28.8 Å². The maximum atomic E-state index is 13.8. The van der Waals surface area contributed by atoms with Gasteiger partial charge in [0.2, 0.25) is 5.91 Å². The second-order valence-electron chi connectivity index (χ2n) is 8.98. The van der Waals surface area contributed by atoms with Crippen molar-refractivity contribution in [2.24, 2.45) is 0 Å². The lowest BCUT2D eigenvalue weighted by Gasteiger charge is -2.34. The molecule has 0 bridgehead atoms. The molecule has 2 aliphatic rings. The highest BCUT2D eigenvalue weighted by molar-refractivity contribution is 6.06. The van der Waals surface area contributed by atoms with Crippen LogP contribution in [0.2, 0.25) is 0 Å². The first-order chi connectivity index (χ1) is 17.4. The molecule has 1 N–H and O–H groups in total. The van der Waals surface area contributed by atoms with Crippen LogP contribution in [0.4, 0.5) is 17.1 Å². The van der Waals surface area contributed by atoms with Crippen molar-refractivity contribution in [3.63, 3.8) is 0 Å². The van der Waals surface area contributed by atoms with E-state index in [4.69, 9.17) is 4.74 Å². The number of allylic oxidation sites excluding steroid dienone is 1. The third kappa shape index (κ3) is 4.11. The van der Waals surface area contributed by atoms with E-state index in [-0.39, 0.29) is 29.7 Å². The van der Waals surface area contributed by atoms with Crippen LogP contribution in [-0.2, 0) is 9.59 Å². The number of para-hydroxylation sites is 2. The number of Topliss-reactive ketones (excluding diaryl/α,β-unsaturated/α-hetero) is 1. The number of nitro benzene ring substituents is 1. The molecule has 1 aliphatic heterocycles. The van der Waals surface area contributed by atoms with Gasteiger partial charge in [-0.15, -0.1) is 0 Å². The van der Waals surface area contributed by atoms with Crippen LogP contribution in [0.1, 0.15) is 42.9 Å². The molecule has 3 aromatic rings. The summed E-state index contributed by atoms with van der Waals surface area (Å²) in [6.45, 7) is 1.44. The number of nitro groups is 1. The first-order valence-corrected chi connectivity index (χ1v) is 11.7. The van der Waals surface area contributed by atoms with Crippen molar-refractivity contribution in [3.05, 3.63) is 105 Å². The molecule has 8 nitrogen and oxygen atoms in total. The Bertz CT molecular complexity index is 1400. The van der Waals surface area contributed by atoms with Crippen molar-refractivity contribution < 1.29 is 19.2 Å². The van der Waals surface area contributed by atoms with Crippen LogP contribution in [0.25, 0.3) is 0 Å². The van der Waals surface area contributed by atoms with Gasteiger partial charge in [0.15, 0.2) is 5.78 Å². The number of benzene rings is 3. The molecular formula is C28H25N3O5. The lowest BCUT2D eigenvalue weighted by molar-refractivity contribution is -0.384. The summed E-state index contributed by atoms with van der Waals surface area (Å²) < 4.78 is 5.27. The van der Waals surface area contributed by atoms with Gasteiger partial charge in [-0.1, -0.05) is 36.4 Å². The third-order valence-corrected chi connectivity index (χ3v) is 6.81. The number of carbonyl (C=O) groups excluding carboxylic acids is 2. The van der Waals surface area contributed by atoms with Crippen molar-refractivity contribution in [3.8, 4) is 5.75 Å². The molecule has 8 heteroatoms. The van der Waals surface area contributed by atoms with Gasteiger partial charge < -0.3 is 10.1 Å². The maximum Gasteiger partial charge on any atom is 0.269 e. The van der Waals surface area contributed by atoms with Gasteiger partial charge in [-0.05, 0) is 47.7 Å². The van der Waals surface area contributed by atoms with Crippen molar-refractivity contribution in [2.75, 3.05) is 17.3 Å². The molecule has 182 valence electrons. The average molecular weight is 484 g/mol. The van der Waals surface area contributed by atoms with Crippen LogP contribution >= 0.6 is 0 Å². The van der Waals surface area contributed by atoms with Gasteiger partial charge in [0.05, 0.1) is 29.4 Å². The van der Waals surface area contributed by atoms with Gasteiger partial charge in [-0.2, -0.15) is 0 Å². The summed E-state index contributed by atoms with van der Waals surface area (Å²) >= 11 is 0. The standard InChI is InChI=1S/C28H25N3O5/c1-17(32)30-25-9-4-3-8-23(25)29-24-15-20(18-10-12-22(36-2)13-11-18)16-26(33)27(24)28(30)19-6-5-7-21(14-19)31(34)35/h3-14,20,28-29H,15-16H2,1-2H3/t20-,28-/m0/s1. The normalized spacial score (nSPS) is 19.1. The number of rotatable bonds is 4. The predicted molar refractivity (Wildman–Crippen MR) is 136 cm³/mol. The Labute approximate surface area is 208 Å². The van der Waals surface area contributed by atoms with E-state index in [1.807, 2.05) is 48.5 Å². The molecular weight excluding hydrogens is 458 g/mol. The molecule has 0 fully saturated rings. The molecule has 3 aromatic carbocycles. The molecule has 0 aromatic heterocycles. The summed E-state index contributed by atoms with van der Waals surface area (Å²) in [5, 5.41) is 15.0. The van der Waals surface area contributed by atoms with Crippen molar-refractivity contribution in [1.82, 2.24) is 0 Å². The van der Waals surface area contributed by atoms with Gasteiger partial charge in [0.25, 0.3) is 5.69 Å². The lowest BCUT2D eigenvalue weighted by Crippen LogP contribution is -2.37. The summed E-state index contributed by atoms with van der Waals surface area (Å²) in [6.07, 6.45) is 0.819. The molecule has 1 aliphatic carbocycles. The summed E-state index contributed by atoms with van der Waals surface area (Å²) in [5.74, 6) is 0.321. The highest BCUT2D eigenvalue weighted by atomic mass is 16.6. The fraction of sp³-hybridized carbons (Fsp3) is 0.214. The number of amides is 1. The molecule has 0 radical (unpaired) electrons. The molecule has 0 spiro atoms. The summed E-state index contributed by atoms with van der Waals surface area (Å²) in [4.78, 5) is 39.5. The number of hydrogen-bond donors (Lipinski definition) is 1. The molecule has 36 heavy (non-hydrogen) atoms. The number of nitrogens with zero attached hydrogens (tertiary/aromatic N) is 2. The van der Waals surface area contributed by atoms with Gasteiger partial charge in [-0.25, -0.2) is 0 Å². The third-order valence-electron chi connectivity index (χ3n) is 6.81. The zero-order chi connectivity index (χ0) is 25.4. The first kappa shape index (κ1) is 23.3. The Hall–Kier alpha value is -4.46. The lowest BCUT2D eigenvalue weighted by atomic mass is 9.78. The minimum absolute atomic E-state index is 0.0588. The van der Waals surface area contributed by atoms with Gasteiger partial charge in [0.1, 0.15) is 5.75 Å². The van der Waals surface area contributed by atoms with Gasteiger partial charge in [-0.3, -0.25) is 24.6 Å². The Morgan fingerprint density at radius 1 is 1.03 bits per heavy atom. The van der Waals surface area contributed by atoms with Crippen molar-refractivity contribution in [1.29, 1.82) is 0 Å². The summed E-state index contributed by atoms with van der Waals surface area (Å²) in [7, 11) is 1.61. The number of ketones is 1. The van der Waals surface area contributed by atoms with Crippen LogP contribution in [-0.4, -0.2) is 23.7 Å². The minimum atomic E-state index is -0.794. The minimum Gasteiger partial charge on any atom is -0.497 e. The van der Waals surface area contributed by atoms with E-state index < -0.39 is 11.0 Å². The number of nitrogens with one attached hydrogen (secondary N) is 1. The average Bonchev–Trinajstić information content (AvgIpc) is 3.03. The van der Waals surface area contributed by atoms with E-state index in [0.717, 1.165) is 17.0 Å². The number of fused-ring (bicyclic) bond motifs is 1. The number of hydrogen-bond acceptors (Lipinski definition) is 6. The smallest absolute Gasteiger partial charge is 0.269 e. The van der Waals surface area contributed by atoms with Gasteiger partial charge in [0, 0.05) is 36.7 Å². The second-order valence-corrected chi connectivity index (χ2v) is 8.98. The van der Waals surface area contributed by atoms with Crippen LogP contribution in [0, 0.1) is 10.1 Å². The van der Waals surface area contributed by atoms with E-state index in [2.05, 4.69) is 5.32 Å². The molecule has 0 unspecified atom stereocenters. The van der Waals surface area contributed by atoms with Gasteiger partial charge >= 0.3 is 0 Å². The number of ether oxygens (including phenoxy) is 1. The zero-order valence-electron chi connectivity index (χ0n) is 19.9. The fourth-order valence-electron chi connectivity index (χ4n) is 5.17. The molecule has 2 atom stereocenters. The monoisotopic (exact) mass is 483 g/mol. The van der Waals surface area contributed by atoms with Crippen LogP contribution < -0.4 is 15.0 Å². The quantitative estimate of drug-likeness (QED) is 0.387. The second kappa shape index (κ2) is 9.30. The number of anilines is 2. The highest BCUT2D eigenvalue weighted by Crippen LogP contribution is 2.47. The molecule has 0 saturated carbocycles. The molecule has 5 rings (SSSR count). The summed E-state index contributed by atoms with van der Waals surface area (Å²) in [5.41, 5.74) is 3.95. The largest absolute Gasteiger partial charge is 0.497 e. The predicted octanol–water partition coefficient (Wildman–Crippen LogP) is 5.52. The Balaban J connectivity index is 1.68. The van der Waals surface area contributed by atoms with Crippen molar-refractivity contribution in [2.45, 2.75) is 31.7 Å². The maximum absolute atomic E-state index is 13.8. The number of non-ortho nitro benzene ring substituents is 1. The fourth-order valence-corrected chi connectivity index (χ4v) is 5.17. The van der Waals surface area contributed by atoms with Crippen LogP contribution in [0.15, 0.2) is 84.1 Å². The first-order valence-electron chi connectivity index (χ1n) is 11.7. The molecule has 0 saturated heterocycles. The number of carbonyl (C=O) groups is 2. The van der Waals surface area contributed by atoms with E-state index in [1.165, 1.54) is 19.1 Å². The molecule has 1 amide bonds. The topological polar surface area (TPSA) is 102 Å². The SMILES string of the molecule is COc1ccc([C@@H]2CC(=O)C3=C(C2)Nc2ccccc2N(C(C)=O)[C@H]3c2cccc([N+](=O)[O-])c2)cc1. The Kier molecular flexibility index (Phi) is 6.01. The molecule has 1 heterocycles. The van der Waals surface area contributed by atoms with Crippen LogP contribution in [0.5, 0.6) is 5.75 Å². The van der Waals surface area contributed by atoms with E-state index in [1.54, 1.807) is 24.1 Å². The van der Waals surface area contributed by atoms with E-state index in [9.17, 15) is 19.7 Å².